The monoisotopic (exact) mass is 372 g/mol. The number of likely N-dealkylation sites (tertiary alicyclic amines) is 1. The second kappa shape index (κ2) is 9.33. The lowest BCUT2D eigenvalue weighted by molar-refractivity contribution is -0.130. The highest BCUT2D eigenvalue weighted by atomic mass is 32.1. The molecule has 6 nitrogen and oxygen atoms in total. The lowest BCUT2D eigenvalue weighted by Gasteiger charge is -2.20. The number of carbonyl (C=O) groups is 2. The molecule has 0 atom stereocenters. The van der Waals surface area contributed by atoms with E-state index in [9.17, 15) is 9.59 Å². The Kier molecular flexibility index (Phi) is 6.60. The predicted octanol–water partition coefficient (Wildman–Crippen LogP) is 3.72. The number of urea groups is 1. The van der Waals surface area contributed by atoms with E-state index in [0.29, 0.717) is 24.6 Å². The molecule has 2 heterocycles. The molecule has 1 fully saturated rings. The van der Waals surface area contributed by atoms with Gasteiger partial charge in [0.15, 0.2) is 5.13 Å². The number of nitrogens with one attached hydrogen (secondary N) is 2. The fourth-order valence-corrected chi connectivity index (χ4v) is 3.68. The molecule has 1 aromatic heterocycles. The highest BCUT2D eigenvalue weighted by Gasteiger charge is 2.15. The van der Waals surface area contributed by atoms with Crippen LogP contribution in [0.2, 0.25) is 0 Å². The number of aromatic nitrogens is 1. The van der Waals surface area contributed by atoms with E-state index in [4.69, 9.17) is 0 Å². The molecule has 2 aromatic rings. The molecule has 2 N–H and O–H groups in total. The van der Waals surface area contributed by atoms with Gasteiger partial charge in [0.2, 0.25) is 5.91 Å². The first kappa shape index (κ1) is 18.4. The second-order valence-corrected chi connectivity index (χ2v) is 7.19. The first-order valence-corrected chi connectivity index (χ1v) is 9.94. The molecular weight excluding hydrogens is 348 g/mol. The Hall–Kier alpha value is -2.41. The van der Waals surface area contributed by atoms with Crippen molar-refractivity contribution in [1.82, 2.24) is 15.2 Å². The Bertz CT molecular complexity index is 732. The number of amides is 3. The fourth-order valence-electron chi connectivity index (χ4n) is 2.96. The summed E-state index contributed by atoms with van der Waals surface area (Å²) in [6.45, 7) is 2.08. The maximum Gasteiger partial charge on any atom is 0.321 e. The Balaban J connectivity index is 1.39. The zero-order valence-corrected chi connectivity index (χ0v) is 15.6. The van der Waals surface area contributed by atoms with E-state index < -0.39 is 0 Å². The molecule has 7 heteroatoms. The number of carbonyl (C=O) groups excluding carboxylic acids is 2. The van der Waals surface area contributed by atoms with Crippen LogP contribution in [-0.2, 0) is 4.79 Å². The topological polar surface area (TPSA) is 74.3 Å². The maximum absolute atomic E-state index is 12.0. The molecule has 0 unspecified atom stereocenters. The summed E-state index contributed by atoms with van der Waals surface area (Å²) in [4.78, 5) is 30.3. The van der Waals surface area contributed by atoms with E-state index in [1.165, 1.54) is 11.3 Å². The van der Waals surface area contributed by atoms with Crippen LogP contribution in [0.15, 0.2) is 35.7 Å². The molecule has 1 aliphatic rings. The van der Waals surface area contributed by atoms with E-state index >= 15 is 0 Å². The summed E-state index contributed by atoms with van der Waals surface area (Å²) in [6, 6.07) is 9.60. The third-order valence-electron chi connectivity index (χ3n) is 4.36. The van der Waals surface area contributed by atoms with Gasteiger partial charge in [-0.25, -0.2) is 9.78 Å². The highest BCUT2D eigenvalue weighted by Crippen LogP contribution is 2.24. The minimum absolute atomic E-state index is 0.239. The van der Waals surface area contributed by atoms with Crippen LogP contribution in [0.3, 0.4) is 0 Å². The van der Waals surface area contributed by atoms with E-state index in [-0.39, 0.29) is 11.9 Å². The zero-order chi connectivity index (χ0) is 18.2. The van der Waals surface area contributed by atoms with Crippen molar-refractivity contribution in [2.24, 2.45) is 0 Å². The molecular formula is C19H24N4O2S. The van der Waals surface area contributed by atoms with Crippen molar-refractivity contribution in [2.45, 2.75) is 32.1 Å². The minimum atomic E-state index is -0.263. The summed E-state index contributed by atoms with van der Waals surface area (Å²) in [5, 5.41) is 8.09. The van der Waals surface area contributed by atoms with Gasteiger partial charge >= 0.3 is 6.03 Å². The van der Waals surface area contributed by atoms with Crippen molar-refractivity contribution in [3.8, 4) is 11.3 Å². The average Bonchev–Trinajstić information content (AvgIpc) is 3.02. The van der Waals surface area contributed by atoms with Crippen LogP contribution >= 0.6 is 11.3 Å². The number of hydrogen-bond acceptors (Lipinski definition) is 4. The van der Waals surface area contributed by atoms with E-state index in [2.05, 4.69) is 15.6 Å². The summed E-state index contributed by atoms with van der Waals surface area (Å²) in [5.41, 5.74) is 1.88. The first-order valence-electron chi connectivity index (χ1n) is 9.06. The molecule has 0 spiro atoms. The van der Waals surface area contributed by atoms with Crippen LogP contribution in [0, 0.1) is 0 Å². The Morgan fingerprint density at radius 1 is 1.19 bits per heavy atom. The van der Waals surface area contributed by atoms with Crippen molar-refractivity contribution < 1.29 is 9.59 Å². The van der Waals surface area contributed by atoms with Gasteiger partial charge in [-0.15, -0.1) is 11.3 Å². The fraction of sp³-hybridized carbons (Fsp3) is 0.421. The van der Waals surface area contributed by atoms with Crippen molar-refractivity contribution in [3.63, 3.8) is 0 Å². The number of benzene rings is 1. The summed E-state index contributed by atoms with van der Waals surface area (Å²) < 4.78 is 0. The maximum atomic E-state index is 12.0. The molecule has 1 aliphatic heterocycles. The Labute approximate surface area is 157 Å². The molecule has 26 heavy (non-hydrogen) atoms. The summed E-state index contributed by atoms with van der Waals surface area (Å²) in [7, 11) is 0. The Morgan fingerprint density at radius 2 is 2.04 bits per heavy atom. The number of thiazole rings is 1. The quantitative estimate of drug-likeness (QED) is 0.759. The van der Waals surface area contributed by atoms with Gasteiger partial charge in [-0.2, -0.15) is 0 Å². The SMILES string of the molecule is O=C(NCCCN1CCCCCC1=O)Nc1nc(-c2ccccc2)cs1. The van der Waals surface area contributed by atoms with Crippen molar-refractivity contribution in [2.75, 3.05) is 25.0 Å². The lowest BCUT2D eigenvalue weighted by atomic mass is 10.2. The van der Waals surface area contributed by atoms with Gasteiger partial charge in [0.05, 0.1) is 5.69 Å². The third kappa shape index (κ3) is 5.29. The van der Waals surface area contributed by atoms with Crippen LogP contribution in [0.1, 0.15) is 32.1 Å². The van der Waals surface area contributed by atoms with Crippen LogP contribution < -0.4 is 10.6 Å². The van der Waals surface area contributed by atoms with Crippen molar-refractivity contribution >= 4 is 28.4 Å². The summed E-state index contributed by atoms with van der Waals surface area (Å²) in [5.74, 6) is 0.239. The van der Waals surface area contributed by atoms with Crippen molar-refractivity contribution in [3.05, 3.63) is 35.7 Å². The van der Waals surface area contributed by atoms with Gasteiger partial charge in [0, 0.05) is 37.0 Å². The number of rotatable bonds is 6. The number of hydrogen-bond donors (Lipinski definition) is 2. The van der Waals surface area contributed by atoms with Crippen LogP contribution in [0.4, 0.5) is 9.93 Å². The summed E-state index contributed by atoms with van der Waals surface area (Å²) in [6.07, 6.45) is 4.61. The van der Waals surface area contributed by atoms with Gasteiger partial charge in [-0.3, -0.25) is 10.1 Å². The predicted molar refractivity (Wildman–Crippen MR) is 104 cm³/mol. The van der Waals surface area contributed by atoms with E-state index in [1.807, 2.05) is 40.6 Å². The molecule has 0 bridgehead atoms. The van der Waals surface area contributed by atoms with Crippen LogP contribution in [0.25, 0.3) is 11.3 Å². The smallest absolute Gasteiger partial charge is 0.321 e. The van der Waals surface area contributed by atoms with Crippen LogP contribution in [-0.4, -0.2) is 41.5 Å². The molecule has 0 radical (unpaired) electrons. The molecule has 0 aliphatic carbocycles. The number of anilines is 1. The van der Waals surface area contributed by atoms with Crippen molar-refractivity contribution in [1.29, 1.82) is 0 Å². The molecule has 3 rings (SSSR count). The minimum Gasteiger partial charge on any atom is -0.343 e. The molecule has 138 valence electrons. The normalized spacial score (nSPS) is 14.8. The molecule has 1 saturated heterocycles. The summed E-state index contributed by atoms with van der Waals surface area (Å²) >= 11 is 1.40. The van der Waals surface area contributed by atoms with E-state index in [1.54, 1.807) is 0 Å². The van der Waals surface area contributed by atoms with Gasteiger partial charge < -0.3 is 10.2 Å². The Morgan fingerprint density at radius 3 is 2.88 bits per heavy atom. The van der Waals surface area contributed by atoms with Gasteiger partial charge in [0.1, 0.15) is 0 Å². The molecule has 0 saturated carbocycles. The highest BCUT2D eigenvalue weighted by molar-refractivity contribution is 7.14. The van der Waals surface area contributed by atoms with Gasteiger partial charge in [-0.1, -0.05) is 36.8 Å². The zero-order valence-electron chi connectivity index (χ0n) is 14.7. The second-order valence-electron chi connectivity index (χ2n) is 6.33. The molecule has 1 aromatic carbocycles. The standard InChI is InChI=1S/C19H24N4O2S/c24-17-10-5-2-6-12-23(17)13-7-11-20-18(25)22-19-21-16(14-26-19)15-8-3-1-4-9-15/h1,3-4,8-9,14H,2,5-7,10-13H2,(H2,20,21,22,25). The lowest BCUT2D eigenvalue weighted by Crippen LogP contribution is -2.35. The van der Waals surface area contributed by atoms with E-state index in [0.717, 1.165) is 43.5 Å². The average molecular weight is 372 g/mol. The van der Waals surface area contributed by atoms with Crippen LogP contribution in [0.5, 0.6) is 0 Å². The first-order chi connectivity index (χ1) is 12.7. The largest absolute Gasteiger partial charge is 0.343 e. The number of nitrogens with zero attached hydrogens (tertiary/aromatic N) is 2. The molecule has 3 amide bonds. The van der Waals surface area contributed by atoms with Gasteiger partial charge in [0.25, 0.3) is 0 Å². The van der Waals surface area contributed by atoms with Gasteiger partial charge in [-0.05, 0) is 19.3 Å². The third-order valence-corrected chi connectivity index (χ3v) is 5.11.